The lowest BCUT2D eigenvalue weighted by molar-refractivity contribution is -0.119. The van der Waals surface area contributed by atoms with Crippen LogP contribution in [0.15, 0.2) is 0 Å². The highest BCUT2D eigenvalue weighted by Crippen LogP contribution is 2.27. The van der Waals surface area contributed by atoms with Crippen molar-refractivity contribution in [3.05, 3.63) is 29.1 Å². The van der Waals surface area contributed by atoms with E-state index < -0.39 is 46.6 Å². The predicted octanol–water partition coefficient (Wildman–Crippen LogP) is 2.70. The smallest absolute Gasteiger partial charge is 0.228 e. The fourth-order valence-corrected chi connectivity index (χ4v) is 1.64. The van der Waals surface area contributed by atoms with Crippen molar-refractivity contribution >= 4 is 11.6 Å². The molecule has 0 saturated carbocycles. The van der Waals surface area contributed by atoms with Gasteiger partial charge in [0.25, 0.3) is 0 Å². The van der Waals surface area contributed by atoms with Crippen LogP contribution >= 0.6 is 0 Å². The van der Waals surface area contributed by atoms with Gasteiger partial charge in [0, 0.05) is 6.54 Å². The Morgan fingerprint density at radius 3 is 1.90 bits per heavy atom. The summed E-state index contributed by atoms with van der Waals surface area (Å²) in [7, 11) is 0. The fraction of sp³-hybridized carbons (Fsp3) is 0.417. The highest BCUT2D eigenvalue weighted by Gasteiger charge is 2.28. The third-order valence-corrected chi connectivity index (χ3v) is 2.75. The Morgan fingerprint density at radius 2 is 1.50 bits per heavy atom. The molecule has 1 unspecified atom stereocenters. The number of hydrogen-bond donors (Lipinski definition) is 2. The maximum Gasteiger partial charge on any atom is 0.228 e. The predicted molar refractivity (Wildman–Crippen MR) is 62.3 cm³/mol. The number of carbonyl (C=O) groups excluding carboxylic acids is 1. The number of halogens is 5. The van der Waals surface area contributed by atoms with E-state index in [1.807, 2.05) is 0 Å². The van der Waals surface area contributed by atoms with Crippen LogP contribution in [0, 0.1) is 35.0 Å². The lowest BCUT2D eigenvalue weighted by atomic mass is 10.0. The van der Waals surface area contributed by atoms with Gasteiger partial charge >= 0.3 is 0 Å². The third kappa shape index (κ3) is 3.06. The minimum Gasteiger partial charge on any atom is -0.330 e. The summed E-state index contributed by atoms with van der Waals surface area (Å²) in [6.45, 7) is 1.66. The van der Waals surface area contributed by atoms with E-state index in [0.29, 0.717) is 12.8 Å². The fourth-order valence-electron chi connectivity index (χ4n) is 1.64. The van der Waals surface area contributed by atoms with E-state index in [0.717, 1.165) is 0 Å². The monoisotopic (exact) mass is 296 g/mol. The summed E-state index contributed by atoms with van der Waals surface area (Å²) < 4.78 is 65.4. The maximum atomic E-state index is 13.3. The van der Waals surface area contributed by atoms with Crippen molar-refractivity contribution in [2.45, 2.75) is 19.8 Å². The second kappa shape index (κ2) is 6.65. The number of rotatable bonds is 5. The zero-order valence-corrected chi connectivity index (χ0v) is 10.6. The Bertz CT molecular complexity index is 492. The van der Waals surface area contributed by atoms with Crippen molar-refractivity contribution in [1.82, 2.24) is 0 Å². The molecule has 1 rings (SSSR count). The van der Waals surface area contributed by atoms with Crippen molar-refractivity contribution in [2.75, 3.05) is 11.9 Å². The van der Waals surface area contributed by atoms with Gasteiger partial charge in [0.05, 0.1) is 5.92 Å². The lowest BCUT2D eigenvalue weighted by Crippen LogP contribution is -2.30. The molecule has 0 bridgehead atoms. The molecule has 20 heavy (non-hydrogen) atoms. The average Bonchev–Trinajstić information content (AvgIpc) is 2.44. The van der Waals surface area contributed by atoms with Crippen LogP contribution < -0.4 is 11.1 Å². The largest absolute Gasteiger partial charge is 0.330 e. The van der Waals surface area contributed by atoms with Gasteiger partial charge < -0.3 is 11.1 Å². The molecule has 112 valence electrons. The van der Waals surface area contributed by atoms with E-state index in [1.54, 1.807) is 12.2 Å². The average molecular weight is 296 g/mol. The van der Waals surface area contributed by atoms with Gasteiger partial charge in [-0.2, -0.15) is 0 Å². The topological polar surface area (TPSA) is 55.1 Å². The van der Waals surface area contributed by atoms with Crippen LogP contribution in [0.25, 0.3) is 0 Å². The molecule has 1 aromatic carbocycles. The van der Waals surface area contributed by atoms with Gasteiger partial charge in [-0.05, 0) is 6.42 Å². The van der Waals surface area contributed by atoms with E-state index in [9.17, 15) is 26.7 Å². The van der Waals surface area contributed by atoms with Crippen molar-refractivity contribution in [3.8, 4) is 0 Å². The molecule has 0 heterocycles. The summed E-state index contributed by atoms with van der Waals surface area (Å²) in [5.74, 6) is -12.3. The Morgan fingerprint density at radius 1 is 1.05 bits per heavy atom. The van der Waals surface area contributed by atoms with Gasteiger partial charge in [-0.25, -0.2) is 22.0 Å². The second-order valence-electron chi connectivity index (χ2n) is 4.16. The number of benzene rings is 1. The SMILES string of the molecule is CCCC(CN)C(=O)Nc1c(F)c(F)c(F)c(F)c1F. The second-order valence-corrected chi connectivity index (χ2v) is 4.16. The van der Waals surface area contributed by atoms with Gasteiger partial charge in [-0.1, -0.05) is 13.3 Å². The molecule has 0 aromatic heterocycles. The number of carbonyl (C=O) groups is 1. The molecule has 0 aliphatic carbocycles. The third-order valence-electron chi connectivity index (χ3n) is 2.75. The Labute approximate surface area is 112 Å². The van der Waals surface area contributed by atoms with E-state index in [2.05, 4.69) is 0 Å². The van der Waals surface area contributed by atoms with Gasteiger partial charge in [-0.3, -0.25) is 4.79 Å². The Hall–Kier alpha value is -1.70. The number of hydrogen-bond acceptors (Lipinski definition) is 2. The van der Waals surface area contributed by atoms with Crippen LogP contribution in [0.1, 0.15) is 19.8 Å². The van der Waals surface area contributed by atoms with E-state index in [4.69, 9.17) is 5.73 Å². The molecule has 0 saturated heterocycles. The van der Waals surface area contributed by atoms with Gasteiger partial charge in [0.2, 0.25) is 11.7 Å². The lowest BCUT2D eigenvalue weighted by Gasteiger charge is -2.15. The minimum atomic E-state index is -2.28. The molecular weight excluding hydrogens is 283 g/mol. The molecule has 0 fully saturated rings. The molecule has 1 amide bonds. The van der Waals surface area contributed by atoms with E-state index >= 15 is 0 Å². The summed E-state index contributed by atoms with van der Waals surface area (Å²) in [5.41, 5.74) is 3.96. The zero-order chi connectivity index (χ0) is 15.4. The molecule has 1 aromatic rings. The van der Waals surface area contributed by atoms with Crippen LogP contribution in [-0.4, -0.2) is 12.5 Å². The Kier molecular flexibility index (Phi) is 5.43. The molecule has 0 spiro atoms. The first-order valence-corrected chi connectivity index (χ1v) is 5.87. The van der Waals surface area contributed by atoms with Crippen LogP contribution in [0.4, 0.5) is 27.6 Å². The molecule has 1 atom stereocenters. The van der Waals surface area contributed by atoms with Gasteiger partial charge in [-0.15, -0.1) is 0 Å². The van der Waals surface area contributed by atoms with Crippen LogP contribution in [-0.2, 0) is 4.79 Å². The number of nitrogens with one attached hydrogen (secondary N) is 1. The summed E-state index contributed by atoms with van der Waals surface area (Å²) >= 11 is 0. The maximum absolute atomic E-state index is 13.3. The summed E-state index contributed by atoms with van der Waals surface area (Å²) in [4.78, 5) is 11.7. The zero-order valence-electron chi connectivity index (χ0n) is 10.6. The van der Waals surface area contributed by atoms with E-state index in [-0.39, 0.29) is 6.54 Å². The van der Waals surface area contributed by atoms with Crippen LogP contribution in [0.5, 0.6) is 0 Å². The number of anilines is 1. The molecule has 0 aliphatic rings. The highest BCUT2D eigenvalue weighted by molar-refractivity contribution is 5.93. The standard InChI is InChI=1S/C12H13F5N2O/c1-2-3-5(4-18)12(20)19-11-9(16)7(14)6(13)8(15)10(11)17/h5H,2-4,18H2,1H3,(H,19,20). The molecule has 3 N–H and O–H groups in total. The molecule has 0 aliphatic heterocycles. The van der Waals surface area contributed by atoms with Crippen LogP contribution in [0.2, 0.25) is 0 Å². The van der Waals surface area contributed by atoms with Gasteiger partial charge in [0.15, 0.2) is 23.3 Å². The molecule has 0 radical (unpaired) electrons. The summed E-state index contributed by atoms with van der Waals surface area (Å²) in [6.07, 6.45) is 0.907. The van der Waals surface area contributed by atoms with Crippen molar-refractivity contribution in [1.29, 1.82) is 0 Å². The van der Waals surface area contributed by atoms with Crippen molar-refractivity contribution in [2.24, 2.45) is 11.7 Å². The first-order chi connectivity index (χ1) is 9.34. The highest BCUT2D eigenvalue weighted by atomic mass is 19.2. The first-order valence-electron chi connectivity index (χ1n) is 5.87. The first kappa shape index (κ1) is 16.4. The molecule has 3 nitrogen and oxygen atoms in total. The minimum absolute atomic E-state index is 0.102. The van der Waals surface area contributed by atoms with E-state index in [1.165, 1.54) is 0 Å². The summed E-state index contributed by atoms with van der Waals surface area (Å²) in [5, 5.41) is 1.71. The summed E-state index contributed by atoms with van der Waals surface area (Å²) in [6, 6.07) is 0. The number of nitrogens with two attached hydrogens (primary N) is 1. The normalized spacial score (nSPS) is 12.3. The van der Waals surface area contributed by atoms with Crippen LogP contribution in [0.3, 0.4) is 0 Å². The quantitative estimate of drug-likeness (QED) is 0.498. The molecule has 8 heteroatoms. The van der Waals surface area contributed by atoms with Gasteiger partial charge in [0.1, 0.15) is 5.69 Å². The Balaban J connectivity index is 3.13. The number of amides is 1. The van der Waals surface area contributed by atoms with Crippen molar-refractivity contribution in [3.63, 3.8) is 0 Å². The van der Waals surface area contributed by atoms with Crippen molar-refractivity contribution < 1.29 is 26.7 Å². The molecular formula is C12H13F5N2O.